The van der Waals surface area contributed by atoms with Gasteiger partial charge in [-0.15, -0.1) is 0 Å². The summed E-state index contributed by atoms with van der Waals surface area (Å²) in [6, 6.07) is 10.4. The lowest BCUT2D eigenvalue weighted by molar-refractivity contribution is -0.0171. The first-order valence-corrected chi connectivity index (χ1v) is 9.11. The summed E-state index contributed by atoms with van der Waals surface area (Å²) in [5.74, 6) is 0. The summed E-state index contributed by atoms with van der Waals surface area (Å²) in [4.78, 5) is 14.7. The number of amides is 1. The maximum absolute atomic E-state index is 12.7. The Morgan fingerprint density at radius 1 is 1.25 bits per heavy atom. The van der Waals surface area contributed by atoms with Gasteiger partial charge in [-0.25, -0.2) is 4.79 Å². The van der Waals surface area contributed by atoms with Crippen LogP contribution in [0.4, 0.5) is 4.79 Å². The Morgan fingerprint density at radius 3 is 2.58 bits per heavy atom. The minimum atomic E-state index is -0.453. The normalized spacial score (nSPS) is 21.6. The average Bonchev–Trinajstić information content (AvgIpc) is 2.54. The molecule has 1 saturated heterocycles. The summed E-state index contributed by atoms with van der Waals surface area (Å²) in [5.41, 5.74) is 0.671. The number of benzene rings is 1. The standard InChI is InChI=1S/C20H32N2O2/c1-5-20(16-21-15-17-11-7-6-8-12-17)13-9-10-14-22(20)18(23)24-19(2,3)4/h6-8,11-12,21H,5,9-10,13-16H2,1-4H3. The van der Waals surface area contributed by atoms with Gasteiger partial charge < -0.3 is 15.0 Å². The van der Waals surface area contributed by atoms with Crippen molar-refractivity contribution in [3.63, 3.8) is 0 Å². The second-order valence-electron chi connectivity index (χ2n) is 7.76. The summed E-state index contributed by atoms with van der Waals surface area (Å²) < 4.78 is 5.66. The molecule has 0 radical (unpaired) electrons. The van der Waals surface area contributed by atoms with Crippen LogP contribution in [0.3, 0.4) is 0 Å². The Labute approximate surface area is 146 Å². The monoisotopic (exact) mass is 332 g/mol. The molecule has 0 saturated carbocycles. The number of likely N-dealkylation sites (tertiary alicyclic amines) is 1. The lowest BCUT2D eigenvalue weighted by Gasteiger charge is -2.47. The van der Waals surface area contributed by atoms with E-state index in [0.717, 1.165) is 38.9 Å². The van der Waals surface area contributed by atoms with E-state index in [-0.39, 0.29) is 11.6 Å². The number of piperidine rings is 1. The van der Waals surface area contributed by atoms with Crippen LogP contribution in [0.1, 0.15) is 58.9 Å². The van der Waals surface area contributed by atoms with Crippen molar-refractivity contribution in [3.05, 3.63) is 35.9 Å². The van der Waals surface area contributed by atoms with Crippen LogP contribution in [-0.4, -0.2) is 35.2 Å². The van der Waals surface area contributed by atoms with E-state index in [0.29, 0.717) is 0 Å². The molecule has 1 aliphatic rings. The van der Waals surface area contributed by atoms with Gasteiger partial charge in [-0.3, -0.25) is 0 Å². The molecule has 0 aromatic heterocycles. The molecule has 1 amide bonds. The molecule has 4 nitrogen and oxygen atoms in total. The fourth-order valence-corrected chi connectivity index (χ4v) is 3.41. The van der Waals surface area contributed by atoms with Crippen LogP contribution in [0, 0.1) is 0 Å². The molecule has 1 aromatic rings. The average molecular weight is 332 g/mol. The highest BCUT2D eigenvalue weighted by atomic mass is 16.6. The van der Waals surface area contributed by atoms with Crippen molar-refractivity contribution in [2.24, 2.45) is 0 Å². The zero-order valence-corrected chi connectivity index (χ0v) is 15.6. The molecule has 1 aliphatic heterocycles. The van der Waals surface area contributed by atoms with Crippen molar-refractivity contribution in [1.29, 1.82) is 0 Å². The first-order valence-electron chi connectivity index (χ1n) is 9.11. The molecule has 0 bridgehead atoms. The van der Waals surface area contributed by atoms with Gasteiger partial charge in [0.15, 0.2) is 0 Å². The molecule has 1 atom stereocenters. The molecular weight excluding hydrogens is 300 g/mol. The van der Waals surface area contributed by atoms with Crippen LogP contribution in [0.2, 0.25) is 0 Å². The Balaban J connectivity index is 2.03. The van der Waals surface area contributed by atoms with E-state index < -0.39 is 5.60 Å². The van der Waals surface area contributed by atoms with Crippen molar-refractivity contribution < 1.29 is 9.53 Å². The minimum Gasteiger partial charge on any atom is -0.444 e. The van der Waals surface area contributed by atoms with E-state index in [1.807, 2.05) is 31.7 Å². The predicted molar refractivity (Wildman–Crippen MR) is 98.0 cm³/mol. The first-order chi connectivity index (χ1) is 11.4. The van der Waals surface area contributed by atoms with E-state index in [1.165, 1.54) is 12.0 Å². The maximum Gasteiger partial charge on any atom is 0.410 e. The van der Waals surface area contributed by atoms with Crippen LogP contribution in [-0.2, 0) is 11.3 Å². The van der Waals surface area contributed by atoms with Gasteiger partial charge in [0, 0.05) is 19.6 Å². The number of nitrogens with one attached hydrogen (secondary N) is 1. The smallest absolute Gasteiger partial charge is 0.410 e. The lowest BCUT2D eigenvalue weighted by Crippen LogP contribution is -2.59. The predicted octanol–water partition coefficient (Wildman–Crippen LogP) is 4.35. The summed E-state index contributed by atoms with van der Waals surface area (Å²) in [5, 5.41) is 3.56. The Bertz CT molecular complexity index is 524. The second-order valence-corrected chi connectivity index (χ2v) is 7.76. The molecular formula is C20H32N2O2. The van der Waals surface area contributed by atoms with Gasteiger partial charge in [0.1, 0.15) is 5.60 Å². The zero-order chi connectivity index (χ0) is 17.6. The van der Waals surface area contributed by atoms with Crippen LogP contribution in [0.25, 0.3) is 0 Å². The van der Waals surface area contributed by atoms with Gasteiger partial charge in [-0.05, 0) is 52.0 Å². The van der Waals surface area contributed by atoms with Gasteiger partial charge >= 0.3 is 6.09 Å². The number of hydrogen-bond donors (Lipinski definition) is 1. The quantitative estimate of drug-likeness (QED) is 0.872. The minimum absolute atomic E-state index is 0.143. The fourth-order valence-electron chi connectivity index (χ4n) is 3.41. The first kappa shape index (κ1) is 18.8. The molecule has 1 N–H and O–H groups in total. The number of carbonyl (C=O) groups is 1. The van der Waals surface area contributed by atoms with Gasteiger partial charge in [0.2, 0.25) is 0 Å². The summed E-state index contributed by atoms with van der Waals surface area (Å²) >= 11 is 0. The van der Waals surface area contributed by atoms with Gasteiger partial charge in [0.25, 0.3) is 0 Å². The Kier molecular flexibility index (Phi) is 6.27. The third kappa shape index (κ3) is 4.97. The van der Waals surface area contributed by atoms with Crippen LogP contribution >= 0.6 is 0 Å². The fraction of sp³-hybridized carbons (Fsp3) is 0.650. The molecule has 1 aromatic carbocycles. The second kappa shape index (κ2) is 8.02. The highest BCUT2D eigenvalue weighted by Gasteiger charge is 2.41. The molecule has 1 heterocycles. The van der Waals surface area contributed by atoms with E-state index in [2.05, 4.69) is 36.5 Å². The van der Waals surface area contributed by atoms with Crippen molar-refractivity contribution in [3.8, 4) is 0 Å². The van der Waals surface area contributed by atoms with Crippen molar-refractivity contribution in [2.75, 3.05) is 13.1 Å². The summed E-state index contributed by atoms with van der Waals surface area (Å²) in [7, 11) is 0. The van der Waals surface area contributed by atoms with E-state index in [9.17, 15) is 4.79 Å². The molecule has 2 rings (SSSR count). The van der Waals surface area contributed by atoms with Crippen molar-refractivity contribution in [2.45, 2.75) is 71.1 Å². The number of nitrogens with zero attached hydrogens (tertiary/aromatic N) is 1. The van der Waals surface area contributed by atoms with Gasteiger partial charge in [-0.2, -0.15) is 0 Å². The molecule has 1 unspecified atom stereocenters. The zero-order valence-electron chi connectivity index (χ0n) is 15.6. The third-order valence-corrected chi connectivity index (χ3v) is 4.74. The molecule has 1 fully saturated rings. The SMILES string of the molecule is CCC1(CNCc2ccccc2)CCCCN1C(=O)OC(C)(C)C. The molecule has 134 valence electrons. The Morgan fingerprint density at radius 2 is 1.96 bits per heavy atom. The highest BCUT2D eigenvalue weighted by molar-refractivity contribution is 5.69. The number of carbonyl (C=O) groups excluding carboxylic acids is 1. The van der Waals surface area contributed by atoms with E-state index >= 15 is 0 Å². The molecule has 0 spiro atoms. The van der Waals surface area contributed by atoms with Crippen molar-refractivity contribution >= 4 is 6.09 Å². The summed E-state index contributed by atoms with van der Waals surface area (Å²) in [6.45, 7) is 10.4. The topological polar surface area (TPSA) is 41.6 Å². The molecule has 4 heteroatoms. The third-order valence-electron chi connectivity index (χ3n) is 4.74. The van der Waals surface area contributed by atoms with Crippen LogP contribution < -0.4 is 5.32 Å². The van der Waals surface area contributed by atoms with Crippen molar-refractivity contribution in [1.82, 2.24) is 10.2 Å². The highest BCUT2D eigenvalue weighted by Crippen LogP contribution is 2.32. The van der Waals surface area contributed by atoms with E-state index in [1.54, 1.807) is 0 Å². The lowest BCUT2D eigenvalue weighted by atomic mass is 9.84. The van der Waals surface area contributed by atoms with Gasteiger partial charge in [-0.1, -0.05) is 37.3 Å². The molecule has 24 heavy (non-hydrogen) atoms. The maximum atomic E-state index is 12.7. The van der Waals surface area contributed by atoms with Crippen LogP contribution in [0.15, 0.2) is 30.3 Å². The van der Waals surface area contributed by atoms with E-state index in [4.69, 9.17) is 4.74 Å². The Hall–Kier alpha value is -1.55. The number of rotatable bonds is 5. The summed E-state index contributed by atoms with van der Waals surface area (Å²) in [6.07, 6.45) is 4.02. The number of hydrogen-bond acceptors (Lipinski definition) is 3. The van der Waals surface area contributed by atoms with Crippen LogP contribution in [0.5, 0.6) is 0 Å². The largest absolute Gasteiger partial charge is 0.444 e. The number of ether oxygens (including phenoxy) is 1. The van der Waals surface area contributed by atoms with Gasteiger partial charge in [0.05, 0.1) is 5.54 Å². The molecule has 0 aliphatic carbocycles.